The van der Waals surface area contributed by atoms with E-state index in [1.165, 1.54) is 6.42 Å². The average Bonchev–Trinajstić information content (AvgIpc) is 2.69. The first-order chi connectivity index (χ1) is 13.0. The first-order valence-electron chi connectivity index (χ1n) is 10.2. The minimum Gasteiger partial charge on any atom is -0.356 e. The van der Waals surface area contributed by atoms with Gasteiger partial charge in [0.2, 0.25) is 11.8 Å². The molecule has 0 spiro atoms. The molecule has 2 saturated heterocycles. The number of nitrogens with one attached hydrogen (secondary N) is 1. The second-order valence-corrected chi connectivity index (χ2v) is 7.56. The van der Waals surface area contributed by atoms with Gasteiger partial charge in [0, 0.05) is 59.9 Å². The Hall–Kier alpha value is -1.83. The van der Waals surface area contributed by atoms with Crippen LogP contribution >= 0.6 is 0 Å². The molecule has 0 atom stereocenters. The van der Waals surface area contributed by atoms with E-state index in [-0.39, 0.29) is 18.4 Å². The summed E-state index contributed by atoms with van der Waals surface area (Å²) >= 11 is 0. The third-order valence-corrected chi connectivity index (χ3v) is 5.14. The highest BCUT2D eigenvalue weighted by atomic mass is 16.2. The Bertz CT molecular complexity index is 508. The summed E-state index contributed by atoms with van der Waals surface area (Å²) in [6, 6.07) is 0. The monoisotopic (exact) mass is 380 g/mol. The van der Waals surface area contributed by atoms with Crippen molar-refractivity contribution in [1.82, 2.24) is 24.9 Å². The number of guanidine groups is 1. The zero-order valence-electron chi connectivity index (χ0n) is 17.2. The zero-order chi connectivity index (χ0) is 19.6. The van der Waals surface area contributed by atoms with Crippen molar-refractivity contribution in [3.63, 3.8) is 0 Å². The number of piperidine rings is 1. The molecule has 154 valence electrons. The van der Waals surface area contributed by atoms with Gasteiger partial charge in [-0.2, -0.15) is 0 Å². The van der Waals surface area contributed by atoms with Crippen LogP contribution in [0.5, 0.6) is 0 Å². The molecule has 2 fully saturated rings. The molecule has 0 unspecified atom stereocenters. The number of hydrogen-bond acceptors (Lipinski definition) is 4. The van der Waals surface area contributed by atoms with E-state index in [2.05, 4.69) is 27.0 Å². The van der Waals surface area contributed by atoms with E-state index in [4.69, 9.17) is 0 Å². The number of aliphatic imine (C=N–C) groups is 1. The van der Waals surface area contributed by atoms with Crippen molar-refractivity contribution < 1.29 is 9.59 Å². The molecule has 8 nitrogen and oxygen atoms in total. The number of piperazine rings is 1. The Morgan fingerprint density at radius 3 is 2.22 bits per heavy atom. The highest BCUT2D eigenvalue weighted by Gasteiger charge is 2.24. The molecule has 27 heavy (non-hydrogen) atoms. The summed E-state index contributed by atoms with van der Waals surface area (Å²) in [5.41, 5.74) is 0. The van der Waals surface area contributed by atoms with Gasteiger partial charge in [-0.25, -0.2) is 4.99 Å². The summed E-state index contributed by atoms with van der Waals surface area (Å²) in [6.07, 6.45) is 4.51. The Morgan fingerprint density at radius 1 is 0.963 bits per heavy atom. The molecule has 2 aliphatic rings. The smallest absolute Gasteiger partial charge is 0.243 e. The minimum absolute atomic E-state index is 0.00318. The van der Waals surface area contributed by atoms with Gasteiger partial charge >= 0.3 is 0 Å². The molecule has 0 aliphatic carbocycles. The number of amides is 2. The quantitative estimate of drug-likeness (QED) is 0.521. The maximum Gasteiger partial charge on any atom is 0.243 e. The molecule has 0 radical (unpaired) electrons. The van der Waals surface area contributed by atoms with Crippen LogP contribution in [-0.4, -0.2) is 110 Å². The highest BCUT2D eigenvalue weighted by Crippen LogP contribution is 2.10. The number of carbonyl (C=O) groups excluding carboxylic acids is 2. The molecule has 2 heterocycles. The van der Waals surface area contributed by atoms with Gasteiger partial charge in [-0.3, -0.25) is 14.5 Å². The topological polar surface area (TPSA) is 71.5 Å². The van der Waals surface area contributed by atoms with Crippen molar-refractivity contribution in [3.05, 3.63) is 0 Å². The summed E-state index contributed by atoms with van der Waals surface area (Å²) < 4.78 is 0. The van der Waals surface area contributed by atoms with Gasteiger partial charge in [-0.1, -0.05) is 6.92 Å². The van der Waals surface area contributed by atoms with E-state index in [1.54, 1.807) is 19.0 Å². The SMILES string of the molecule is CCCNC(=NCC(=O)N(C)C)N1CCN(CC(=O)N2CCCCC2)CC1. The molecule has 2 amide bonds. The normalized spacial score (nSPS) is 19.1. The van der Waals surface area contributed by atoms with Crippen LogP contribution in [0.15, 0.2) is 4.99 Å². The summed E-state index contributed by atoms with van der Waals surface area (Å²) in [7, 11) is 3.49. The fourth-order valence-electron chi connectivity index (χ4n) is 3.34. The first kappa shape index (κ1) is 21.5. The van der Waals surface area contributed by atoms with Crippen molar-refractivity contribution in [1.29, 1.82) is 0 Å². The van der Waals surface area contributed by atoms with Crippen LogP contribution in [0.1, 0.15) is 32.6 Å². The van der Waals surface area contributed by atoms with Gasteiger partial charge in [0.1, 0.15) is 6.54 Å². The maximum absolute atomic E-state index is 12.5. The van der Waals surface area contributed by atoms with E-state index in [0.717, 1.165) is 71.0 Å². The Balaban J connectivity index is 1.83. The summed E-state index contributed by atoms with van der Waals surface area (Å²) in [5, 5.41) is 3.35. The molecule has 1 N–H and O–H groups in total. The van der Waals surface area contributed by atoms with Crippen LogP contribution in [0.25, 0.3) is 0 Å². The van der Waals surface area contributed by atoms with Gasteiger partial charge in [-0.15, -0.1) is 0 Å². The predicted molar refractivity (Wildman–Crippen MR) is 108 cm³/mol. The Kier molecular flexibility index (Phi) is 8.84. The second kappa shape index (κ2) is 11.1. The van der Waals surface area contributed by atoms with Crippen molar-refractivity contribution in [2.24, 2.45) is 4.99 Å². The number of carbonyl (C=O) groups is 2. The lowest BCUT2D eigenvalue weighted by Crippen LogP contribution is -2.54. The molecular formula is C19H36N6O2. The van der Waals surface area contributed by atoms with E-state index >= 15 is 0 Å². The predicted octanol–water partition coefficient (Wildman–Crippen LogP) is 0.0603. The lowest BCUT2D eigenvalue weighted by molar-refractivity contribution is -0.133. The van der Waals surface area contributed by atoms with Crippen molar-refractivity contribution in [2.45, 2.75) is 32.6 Å². The molecule has 0 bridgehead atoms. The van der Waals surface area contributed by atoms with Crippen LogP contribution in [0.3, 0.4) is 0 Å². The molecule has 0 aromatic heterocycles. The fourth-order valence-corrected chi connectivity index (χ4v) is 3.34. The lowest BCUT2D eigenvalue weighted by Gasteiger charge is -2.37. The second-order valence-electron chi connectivity index (χ2n) is 7.56. The van der Waals surface area contributed by atoms with Gasteiger partial charge in [0.15, 0.2) is 5.96 Å². The number of hydrogen-bond donors (Lipinski definition) is 1. The van der Waals surface area contributed by atoms with E-state index in [1.807, 2.05) is 4.90 Å². The number of rotatable bonds is 6. The van der Waals surface area contributed by atoms with E-state index in [0.29, 0.717) is 6.54 Å². The summed E-state index contributed by atoms with van der Waals surface area (Å²) in [5.74, 6) is 1.06. The molecule has 2 aliphatic heterocycles. The summed E-state index contributed by atoms with van der Waals surface area (Å²) in [4.78, 5) is 36.8. The molecule has 0 aromatic rings. The fraction of sp³-hybridized carbons (Fsp3) is 0.842. The Morgan fingerprint density at radius 2 is 1.63 bits per heavy atom. The average molecular weight is 381 g/mol. The summed E-state index contributed by atoms with van der Waals surface area (Å²) in [6.45, 7) is 8.77. The van der Waals surface area contributed by atoms with Crippen LogP contribution < -0.4 is 5.32 Å². The van der Waals surface area contributed by atoms with Crippen LogP contribution in [0.2, 0.25) is 0 Å². The largest absolute Gasteiger partial charge is 0.356 e. The minimum atomic E-state index is -0.00318. The molecular weight excluding hydrogens is 344 g/mol. The van der Waals surface area contributed by atoms with Crippen molar-refractivity contribution in [3.8, 4) is 0 Å². The van der Waals surface area contributed by atoms with E-state index in [9.17, 15) is 9.59 Å². The standard InChI is InChI=1S/C19H36N6O2/c1-4-8-20-19(21-15-17(26)22(2)3)25-13-11-23(12-14-25)16-18(27)24-9-6-5-7-10-24/h4-16H2,1-3H3,(H,20,21). The first-order valence-corrected chi connectivity index (χ1v) is 10.2. The highest BCUT2D eigenvalue weighted by molar-refractivity contribution is 5.85. The van der Waals surface area contributed by atoms with E-state index < -0.39 is 0 Å². The third kappa shape index (κ3) is 7.01. The number of nitrogens with zero attached hydrogens (tertiary/aromatic N) is 5. The van der Waals surface area contributed by atoms with Gasteiger partial charge in [-0.05, 0) is 25.7 Å². The number of likely N-dealkylation sites (N-methyl/N-ethyl adjacent to an activating group) is 1. The van der Waals surface area contributed by atoms with Crippen LogP contribution in [0.4, 0.5) is 0 Å². The molecule has 0 saturated carbocycles. The molecule has 0 aromatic carbocycles. The van der Waals surface area contributed by atoms with Gasteiger partial charge in [0.05, 0.1) is 6.54 Å². The molecule has 8 heteroatoms. The lowest BCUT2D eigenvalue weighted by atomic mass is 10.1. The third-order valence-electron chi connectivity index (χ3n) is 5.14. The zero-order valence-corrected chi connectivity index (χ0v) is 17.2. The maximum atomic E-state index is 12.5. The van der Waals surface area contributed by atoms with Crippen LogP contribution in [0, 0.1) is 0 Å². The van der Waals surface area contributed by atoms with Crippen molar-refractivity contribution in [2.75, 3.05) is 73.0 Å². The Labute approximate surface area is 163 Å². The van der Waals surface area contributed by atoms with Gasteiger partial charge < -0.3 is 20.0 Å². The van der Waals surface area contributed by atoms with Crippen molar-refractivity contribution >= 4 is 17.8 Å². The molecule has 2 rings (SSSR count). The number of likely N-dealkylation sites (tertiary alicyclic amines) is 1. The van der Waals surface area contributed by atoms with Gasteiger partial charge in [0.25, 0.3) is 0 Å². The van der Waals surface area contributed by atoms with Crippen LogP contribution in [-0.2, 0) is 9.59 Å².